The van der Waals surface area contributed by atoms with Crippen LogP contribution in [-0.4, -0.2) is 59.4 Å². The summed E-state index contributed by atoms with van der Waals surface area (Å²) < 4.78 is 10.1. The van der Waals surface area contributed by atoms with Gasteiger partial charge in [0.25, 0.3) is 0 Å². The highest BCUT2D eigenvalue weighted by molar-refractivity contribution is 5.89. The van der Waals surface area contributed by atoms with Gasteiger partial charge in [-0.05, 0) is 23.8 Å². The topological polar surface area (TPSA) is 96.2 Å². The van der Waals surface area contributed by atoms with Crippen molar-refractivity contribution in [3.63, 3.8) is 0 Å². The van der Waals surface area contributed by atoms with Gasteiger partial charge in [0.2, 0.25) is 0 Å². The largest absolute Gasteiger partial charge is 0.457 e. The molecule has 3 N–H and O–H groups in total. The van der Waals surface area contributed by atoms with Gasteiger partial charge in [-0.3, -0.25) is 0 Å². The third kappa shape index (κ3) is 3.48. The Kier molecular flexibility index (Phi) is 5.08. The zero-order chi connectivity index (χ0) is 15.4. The second-order valence-electron chi connectivity index (χ2n) is 4.81. The summed E-state index contributed by atoms with van der Waals surface area (Å²) in [5.74, 6) is -0.529. The Labute approximate surface area is 122 Å². The number of aliphatic hydroxyl groups excluding tert-OH is 3. The van der Waals surface area contributed by atoms with Gasteiger partial charge in [0, 0.05) is 7.11 Å². The van der Waals surface area contributed by atoms with Gasteiger partial charge in [0.05, 0.1) is 5.56 Å². The molecule has 0 fully saturated rings. The Morgan fingerprint density at radius 3 is 2.48 bits per heavy atom. The monoisotopic (exact) mass is 294 g/mol. The van der Waals surface area contributed by atoms with Crippen molar-refractivity contribution in [2.24, 2.45) is 0 Å². The van der Waals surface area contributed by atoms with Gasteiger partial charge < -0.3 is 24.8 Å². The Morgan fingerprint density at radius 1 is 1.19 bits per heavy atom. The highest BCUT2D eigenvalue weighted by Gasteiger charge is 2.38. The van der Waals surface area contributed by atoms with Crippen molar-refractivity contribution in [1.29, 1.82) is 0 Å². The van der Waals surface area contributed by atoms with E-state index in [0.29, 0.717) is 11.1 Å². The van der Waals surface area contributed by atoms with Crippen LogP contribution in [0.5, 0.6) is 0 Å². The molecule has 0 saturated heterocycles. The molecule has 1 aromatic rings. The lowest BCUT2D eigenvalue weighted by molar-refractivity contribution is -0.112. The predicted molar refractivity (Wildman–Crippen MR) is 73.6 cm³/mol. The first-order chi connectivity index (χ1) is 10.0. The first-order valence-electron chi connectivity index (χ1n) is 6.54. The molecule has 0 amide bonds. The summed E-state index contributed by atoms with van der Waals surface area (Å²) in [7, 11) is 1.32. The summed E-state index contributed by atoms with van der Waals surface area (Å²) in [6, 6.07) is 8.44. The number of hydrogen-bond donors (Lipinski definition) is 3. The lowest BCUT2D eigenvalue weighted by Gasteiger charge is -2.34. The summed E-state index contributed by atoms with van der Waals surface area (Å²) in [6.45, 7) is -0.182. The van der Waals surface area contributed by atoms with Gasteiger partial charge in [-0.25, -0.2) is 4.79 Å². The van der Waals surface area contributed by atoms with E-state index >= 15 is 0 Å². The van der Waals surface area contributed by atoms with Crippen molar-refractivity contribution >= 4 is 5.97 Å². The number of benzene rings is 1. The quantitative estimate of drug-likeness (QED) is 0.529. The average Bonchev–Trinajstić information content (AvgIpc) is 2.51. The zero-order valence-electron chi connectivity index (χ0n) is 11.5. The Hall–Kier alpha value is -1.73. The molecule has 0 saturated carbocycles. The Balaban J connectivity index is 2.02. The fraction of sp³-hybridized carbons (Fsp3) is 0.400. The molecule has 1 aromatic carbocycles. The van der Waals surface area contributed by atoms with Crippen LogP contribution in [0.4, 0.5) is 0 Å². The first-order valence-corrected chi connectivity index (χ1v) is 6.54. The number of esters is 1. The van der Waals surface area contributed by atoms with E-state index < -0.39 is 30.4 Å². The number of carbonyl (C=O) groups excluding carboxylic acids is 1. The van der Waals surface area contributed by atoms with Crippen molar-refractivity contribution in [2.45, 2.75) is 24.4 Å². The summed E-state index contributed by atoms with van der Waals surface area (Å²) in [4.78, 5) is 11.8. The van der Waals surface area contributed by atoms with E-state index in [1.54, 1.807) is 30.3 Å². The predicted octanol–water partition coefficient (Wildman–Crippen LogP) is -0.119. The van der Waals surface area contributed by atoms with Crippen LogP contribution in [0.25, 0.3) is 0 Å². The van der Waals surface area contributed by atoms with Crippen molar-refractivity contribution in [1.82, 2.24) is 0 Å². The van der Waals surface area contributed by atoms with Crippen LogP contribution in [-0.2, 0) is 9.47 Å². The molecule has 6 nitrogen and oxygen atoms in total. The molecule has 4 atom stereocenters. The van der Waals surface area contributed by atoms with Crippen LogP contribution < -0.4 is 0 Å². The molecule has 0 aliphatic heterocycles. The van der Waals surface area contributed by atoms with Crippen molar-refractivity contribution in [2.75, 3.05) is 13.7 Å². The van der Waals surface area contributed by atoms with Crippen LogP contribution >= 0.6 is 0 Å². The number of aliphatic hydroxyl groups is 3. The third-order valence-electron chi connectivity index (χ3n) is 3.41. The molecule has 0 aromatic heterocycles. The molecule has 0 unspecified atom stereocenters. The highest BCUT2D eigenvalue weighted by atomic mass is 16.5. The minimum absolute atomic E-state index is 0.182. The first kappa shape index (κ1) is 15.7. The molecule has 0 heterocycles. The van der Waals surface area contributed by atoms with E-state index in [2.05, 4.69) is 0 Å². The van der Waals surface area contributed by atoms with Crippen LogP contribution in [0.15, 0.2) is 42.0 Å². The van der Waals surface area contributed by atoms with Gasteiger partial charge in [0.1, 0.15) is 31.0 Å². The molecule has 6 heteroatoms. The normalized spacial score (nSPS) is 28.9. The van der Waals surface area contributed by atoms with Gasteiger partial charge >= 0.3 is 5.97 Å². The minimum Gasteiger partial charge on any atom is -0.457 e. The molecule has 1 aliphatic rings. The standard InChI is InChI=1S/C15H18O6/c1-20-14-12(17)10(7-11(16)13(14)18)8-21-15(19)9-5-3-2-4-6-9/h2-7,11-14,16-18H,8H2,1H3/t11-,12+,13+,14-/m0/s1. The van der Waals surface area contributed by atoms with E-state index in [-0.39, 0.29) is 6.61 Å². The smallest absolute Gasteiger partial charge is 0.338 e. The second-order valence-corrected chi connectivity index (χ2v) is 4.81. The molecule has 21 heavy (non-hydrogen) atoms. The second kappa shape index (κ2) is 6.82. The van der Waals surface area contributed by atoms with E-state index in [9.17, 15) is 20.1 Å². The highest BCUT2D eigenvalue weighted by Crippen LogP contribution is 2.23. The van der Waals surface area contributed by atoms with Gasteiger partial charge in [-0.15, -0.1) is 0 Å². The molecule has 1 aliphatic carbocycles. The van der Waals surface area contributed by atoms with E-state index in [0.717, 1.165) is 0 Å². The van der Waals surface area contributed by atoms with E-state index in [1.807, 2.05) is 0 Å². The average molecular weight is 294 g/mol. The lowest BCUT2D eigenvalue weighted by Crippen LogP contribution is -2.50. The van der Waals surface area contributed by atoms with E-state index in [1.165, 1.54) is 13.2 Å². The number of methoxy groups -OCH3 is 1. The Morgan fingerprint density at radius 2 is 1.86 bits per heavy atom. The van der Waals surface area contributed by atoms with Crippen LogP contribution in [0.3, 0.4) is 0 Å². The van der Waals surface area contributed by atoms with Crippen LogP contribution in [0, 0.1) is 0 Å². The molecule has 0 bridgehead atoms. The third-order valence-corrected chi connectivity index (χ3v) is 3.41. The molecular formula is C15H18O6. The van der Waals surface area contributed by atoms with E-state index in [4.69, 9.17) is 9.47 Å². The van der Waals surface area contributed by atoms with Gasteiger partial charge in [0.15, 0.2) is 0 Å². The molecular weight excluding hydrogens is 276 g/mol. The number of rotatable bonds is 4. The number of carbonyl (C=O) groups is 1. The lowest BCUT2D eigenvalue weighted by atomic mass is 9.90. The number of hydrogen-bond acceptors (Lipinski definition) is 6. The molecule has 2 rings (SSSR count). The maximum Gasteiger partial charge on any atom is 0.338 e. The maximum absolute atomic E-state index is 11.8. The summed E-state index contributed by atoms with van der Waals surface area (Å²) in [6.07, 6.45) is -3.22. The number of ether oxygens (including phenoxy) is 2. The molecule has 0 radical (unpaired) electrons. The SMILES string of the molecule is CO[C@@H]1[C@H](O)[C@@H](O)C=C(COC(=O)c2ccccc2)[C@H]1O. The van der Waals surface area contributed by atoms with Gasteiger partial charge in [-0.1, -0.05) is 18.2 Å². The summed E-state index contributed by atoms with van der Waals surface area (Å²) in [5, 5.41) is 29.4. The fourth-order valence-electron chi connectivity index (χ4n) is 2.22. The minimum atomic E-state index is -1.22. The van der Waals surface area contributed by atoms with Crippen molar-refractivity contribution < 1.29 is 29.6 Å². The van der Waals surface area contributed by atoms with Crippen molar-refractivity contribution in [3.05, 3.63) is 47.5 Å². The van der Waals surface area contributed by atoms with Crippen molar-refractivity contribution in [3.8, 4) is 0 Å². The maximum atomic E-state index is 11.8. The summed E-state index contributed by atoms with van der Waals surface area (Å²) >= 11 is 0. The molecule has 0 spiro atoms. The Bertz CT molecular complexity index is 512. The fourth-order valence-corrected chi connectivity index (χ4v) is 2.22. The molecule has 114 valence electrons. The van der Waals surface area contributed by atoms with Gasteiger partial charge in [-0.2, -0.15) is 0 Å². The summed E-state index contributed by atoms with van der Waals surface area (Å²) in [5.41, 5.74) is 0.691. The van der Waals surface area contributed by atoms with Crippen LogP contribution in [0.1, 0.15) is 10.4 Å². The van der Waals surface area contributed by atoms with Crippen LogP contribution in [0.2, 0.25) is 0 Å². The zero-order valence-corrected chi connectivity index (χ0v) is 11.5.